The molecule has 0 amide bonds. The zero-order valence-electron chi connectivity index (χ0n) is 8.67. The molecule has 16 heavy (non-hydrogen) atoms. The highest BCUT2D eigenvalue weighted by molar-refractivity contribution is 5.64. The minimum absolute atomic E-state index is 0.184. The normalized spacial score (nSPS) is 10.4. The molecule has 0 unspecified atom stereocenters. The number of aryl methyl sites for hydroxylation is 1. The molecule has 0 aliphatic heterocycles. The lowest BCUT2D eigenvalue weighted by atomic mass is 10.1. The Morgan fingerprint density at radius 1 is 1.12 bits per heavy atom. The minimum Gasteiger partial charge on any atom is -0.381 e. The van der Waals surface area contributed by atoms with Gasteiger partial charge in [-0.2, -0.15) is 0 Å². The number of anilines is 1. The van der Waals surface area contributed by atoms with E-state index in [1.165, 1.54) is 18.3 Å². The molecule has 0 saturated heterocycles. The molecule has 0 aliphatic rings. The summed E-state index contributed by atoms with van der Waals surface area (Å²) in [6.07, 6.45) is 1.35. The molecule has 2 aromatic rings. The molecule has 1 aromatic carbocycles. The molecule has 0 saturated carbocycles. The van der Waals surface area contributed by atoms with Gasteiger partial charge in [-0.25, -0.2) is 13.8 Å². The zero-order valence-corrected chi connectivity index (χ0v) is 8.67. The topological polar surface area (TPSA) is 38.9 Å². The molecular formula is C12H10F2N2. The van der Waals surface area contributed by atoms with Crippen molar-refractivity contribution in [3.8, 4) is 11.1 Å². The summed E-state index contributed by atoms with van der Waals surface area (Å²) in [5.74, 6) is -1.22. The Morgan fingerprint density at radius 3 is 2.50 bits per heavy atom. The van der Waals surface area contributed by atoms with Crippen LogP contribution in [0, 0.1) is 18.6 Å². The highest BCUT2D eigenvalue weighted by atomic mass is 19.1. The second kappa shape index (κ2) is 3.89. The van der Waals surface area contributed by atoms with Gasteiger partial charge in [-0.1, -0.05) is 12.1 Å². The summed E-state index contributed by atoms with van der Waals surface area (Å²) in [5.41, 5.74) is 6.75. The number of rotatable bonds is 1. The van der Waals surface area contributed by atoms with Gasteiger partial charge < -0.3 is 5.73 Å². The fourth-order valence-electron chi connectivity index (χ4n) is 1.45. The van der Waals surface area contributed by atoms with Crippen LogP contribution in [0.25, 0.3) is 11.1 Å². The van der Waals surface area contributed by atoms with Crippen LogP contribution >= 0.6 is 0 Å². The van der Waals surface area contributed by atoms with Crippen molar-refractivity contribution in [2.45, 2.75) is 6.92 Å². The van der Waals surface area contributed by atoms with Gasteiger partial charge in [0, 0.05) is 17.3 Å². The number of hydrogen-bond acceptors (Lipinski definition) is 2. The monoisotopic (exact) mass is 220 g/mol. The van der Waals surface area contributed by atoms with Crippen LogP contribution in [0.2, 0.25) is 0 Å². The molecule has 0 radical (unpaired) electrons. The molecule has 2 nitrogen and oxygen atoms in total. The zero-order chi connectivity index (χ0) is 11.7. The highest BCUT2D eigenvalue weighted by Gasteiger charge is 2.08. The van der Waals surface area contributed by atoms with E-state index >= 15 is 0 Å². The summed E-state index contributed by atoms with van der Waals surface area (Å²) in [7, 11) is 0. The Bertz CT molecular complexity index is 539. The maximum Gasteiger partial charge on any atom is 0.165 e. The SMILES string of the molecule is Cc1ccc(-c2cnc(N)c(F)c2)c(F)c1. The summed E-state index contributed by atoms with van der Waals surface area (Å²) >= 11 is 0. The number of pyridine rings is 1. The Hall–Kier alpha value is -1.97. The molecule has 0 fully saturated rings. The number of nitrogens with zero attached hydrogens (tertiary/aromatic N) is 1. The average molecular weight is 220 g/mol. The van der Waals surface area contributed by atoms with Gasteiger partial charge in [0.25, 0.3) is 0 Å². The standard InChI is InChI=1S/C12H10F2N2/c1-7-2-3-9(10(13)4-7)8-5-11(14)12(15)16-6-8/h2-6H,1H3,(H2,15,16). The number of hydrogen-bond donors (Lipinski definition) is 1. The van der Waals surface area contributed by atoms with Gasteiger partial charge in [-0.3, -0.25) is 0 Å². The van der Waals surface area contributed by atoms with Crippen molar-refractivity contribution in [2.24, 2.45) is 0 Å². The van der Waals surface area contributed by atoms with Gasteiger partial charge in [0.05, 0.1) is 0 Å². The van der Waals surface area contributed by atoms with E-state index in [1.807, 2.05) is 0 Å². The number of nitrogen functional groups attached to an aromatic ring is 1. The number of benzene rings is 1. The Balaban J connectivity index is 2.54. The van der Waals surface area contributed by atoms with Crippen molar-refractivity contribution in [3.05, 3.63) is 47.7 Å². The van der Waals surface area contributed by atoms with Crippen molar-refractivity contribution < 1.29 is 8.78 Å². The van der Waals surface area contributed by atoms with Gasteiger partial charge in [0.2, 0.25) is 0 Å². The molecule has 4 heteroatoms. The van der Waals surface area contributed by atoms with Crippen molar-refractivity contribution in [2.75, 3.05) is 5.73 Å². The predicted octanol–water partition coefficient (Wildman–Crippen LogP) is 2.92. The van der Waals surface area contributed by atoms with E-state index in [0.717, 1.165) is 5.56 Å². The second-order valence-corrected chi connectivity index (χ2v) is 3.57. The average Bonchev–Trinajstić information content (AvgIpc) is 2.22. The molecule has 0 aliphatic carbocycles. The van der Waals surface area contributed by atoms with Gasteiger partial charge in [-0.15, -0.1) is 0 Å². The molecule has 0 bridgehead atoms. The largest absolute Gasteiger partial charge is 0.381 e. The summed E-state index contributed by atoms with van der Waals surface area (Å²) in [6.45, 7) is 1.79. The van der Waals surface area contributed by atoms with Gasteiger partial charge >= 0.3 is 0 Å². The predicted molar refractivity (Wildman–Crippen MR) is 58.7 cm³/mol. The van der Waals surface area contributed by atoms with Crippen LogP contribution in [0.15, 0.2) is 30.5 Å². The lowest BCUT2D eigenvalue weighted by Crippen LogP contribution is -1.95. The molecule has 1 heterocycles. The summed E-state index contributed by atoms with van der Waals surface area (Å²) in [5, 5.41) is 0. The third-order valence-corrected chi connectivity index (χ3v) is 2.31. The summed E-state index contributed by atoms with van der Waals surface area (Å²) < 4.78 is 26.8. The fourth-order valence-corrected chi connectivity index (χ4v) is 1.45. The van der Waals surface area contributed by atoms with Crippen molar-refractivity contribution in [1.29, 1.82) is 0 Å². The van der Waals surface area contributed by atoms with Crippen LogP contribution in [-0.2, 0) is 0 Å². The smallest absolute Gasteiger partial charge is 0.165 e. The van der Waals surface area contributed by atoms with Crippen molar-refractivity contribution in [3.63, 3.8) is 0 Å². The van der Waals surface area contributed by atoms with Crippen LogP contribution in [0.3, 0.4) is 0 Å². The fraction of sp³-hybridized carbons (Fsp3) is 0.0833. The van der Waals surface area contributed by atoms with E-state index in [9.17, 15) is 8.78 Å². The van der Waals surface area contributed by atoms with E-state index < -0.39 is 11.6 Å². The molecule has 82 valence electrons. The number of aromatic nitrogens is 1. The van der Waals surface area contributed by atoms with Gasteiger partial charge in [0.1, 0.15) is 5.82 Å². The summed E-state index contributed by atoms with van der Waals surface area (Å²) in [6, 6.07) is 5.92. The van der Waals surface area contributed by atoms with Crippen LogP contribution in [0.5, 0.6) is 0 Å². The molecule has 0 atom stereocenters. The number of halogens is 2. The molecule has 2 N–H and O–H groups in total. The van der Waals surface area contributed by atoms with Crippen LogP contribution in [0.4, 0.5) is 14.6 Å². The molecule has 1 aromatic heterocycles. The highest BCUT2D eigenvalue weighted by Crippen LogP contribution is 2.24. The lowest BCUT2D eigenvalue weighted by molar-refractivity contribution is 0.623. The second-order valence-electron chi connectivity index (χ2n) is 3.57. The van der Waals surface area contributed by atoms with E-state index in [1.54, 1.807) is 19.1 Å². The van der Waals surface area contributed by atoms with Gasteiger partial charge in [-0.05, 0) is 24.6 Å². The first-order valence-electron chi connectivity index (χ1n) is 4.75. The minimum atomic E-state index is -0.641. The van der Waals surface area contributed by atoms with Crippen LogP contribution < -0.4 is 5.73 Å². The van der Waals surface area contributed by atoms with Gasteiger partial charge in [0.15, 0.2) is 11.6 Å². The quantitative estimate of drug-likeness (QED) is 0.802. The number of nitrogens with two attached hydrogens (primary N) is 1. The molecule has 2 rings (SSSR count). The van der Waals surface area contributed by atoms with Crippen molar-refractivity contribution >= 4 is 5.82 Å². The van der Waals surface area contributed by atoms with Crippen LogP contribution in [-0.4, -0.2) is 4.98 Å². The Kier molecular flexibility index (Phi) is 2.56. The maximum absolute atomic E-state index is 13.6. The van der Waals surface area contributed by atoms with Crippen LogP contribution in [0.1, 0.15) is 5.56 Å². The van der Waals surface area contributed by atoms with Crippen molar-refractivity contribution in [1.82, 2.24) is 4.98 Å². The Labute approximate surface area is 91.7 Å². The van der Waals surface area contributed by atoms with E-state index in [2.05, 4.69) is 4.98 Å². The van der Waals surface area contributed by atoms with E-state index in [-0.39, 0.29) is 5.82 Å². The van der Waals surface area contributed by atoms with E-state index in [0.29, 0.717) is 11.1 Å². The first kappa shape index (κ1) is 10.5. The lowest BCUT2D eigenvalue weighted by Gasteiger charge is -2.05. The third kappa shape index (κ3) is 1.86. The maximum atomic E-state index is 13.6. The molecule has 0 spiro atoms. The third-order valence-electron chi connectivity index (χ3n) is 2.31. The van der Waals surface area contributed by atoms with E-state index in [4.69, 9.17) is 5.73 Å². The first-order chi connectivity index (χ1) is 7.58. The first-order valence-corrected chi connectivity index (χ1v) is 4.75. The molecular weight excluding hydrogens is 210 g/mol. The Morgan fingerprint density at radius 2 is 1.88 bits per heavy atom. The summed E-state index contributed by atoms with van der Waals surface area (Å²) in [4.78, 5) is 3.65.